The quantitative estimate of drug-likeness (QED) is 0.147. The smallest absolute Gasteiger partial charge is 0.239 e. The molecule has 0 radical (unpaired) electrons. The molecule has 0 heterocycles. The molecular formula is C26H52N6O2. The maximum atomic E-state index is 12.4. The number of hydrogen-bond acceptors (Lipinski definition) is 6. The first-order valence-electron chi connectivity index (χ1n) is 13.9. The van der Waals surface area contributed by atoms with Crippen molar-refractivity contribution < 1.29 is 9.59 Å². The summed E-state index contributed by atoms with van der Waals surface area (Å²) in [5.74, 6) is 2.40. The number of fused-ring (bicyclic) bond motifs is 2. The van der Waals surface area contributed by atoms with E-state index in [0.29, 0.717) is 31.8 Å². The molecule has 2 saturated carbocycles. The number of unbranched alkanes of at least 4 members (excludes halogenated alkanes) is 2. The van der Waals surface area contributed by atoms with Gasteiger partial charge in [-0.3, -0.25) is 9.59 Å². The molecule has 2 aliphatic carbocycles. The molecular weight excluding hydrogens is 428 g/mol. The Morgan fingerprint density at radius 2 is 1.47 bits per heavy atom. The molecule has 2 aliphatic rings. The minimum absolute atomic E-state index is 0.0867. The monoisotopic (exact) mass is 480 g/mol. The summed E-state index contributed by atoms with van der Waals surface area (Å²) >= 11 is 0. The van der Waals surface area contributed by atoms with E-state index in [-0.39, 0.29) is 11.8 Å². The number of nitrogens with one attached hydrogen (secondary N) is 4. The molecule has 2 amide bonds. The van der Waals surface area contributed by atoms with E-state index < -0.39 is 5.54 Å². The van der Waals surface area contributed by atoms with Crippen molar-refractivity contribution in [2.75, 3.05) is 45.8 Å². The van der Waals surface area contributed by atoms with Crippen LogP contribution in [0, 0.1) is 17.8 Å². The molecule has 0 aromatic carbocycles. The Kier molecular flexibility index (Phi) is 14.0. The predicted molar refractivity (Wildman–Crippen MR) is 139 cm³/mol. The Balaban J connectivity index is 1.39. The molecule has 0 saturated heterocycles. The van der Waals surface area contributed by atoms with Gasteiger partial charge < -0.3 is 32.7 Å². The summed E-state index contributed by atoms with van der Waals surface area (Å²) in [6.07, 6.45) is 12.5. The highest BCUT2D eigenvalue weighted by molar-refractivity contribution is 5.85. The first-order valence-corrected chi connectivity index (χ1v) is 13.9. The molecule has 0 aromatic heterocycles. The van der Waals surface area contributed by atoms with E-state index in [2.05, 4.69) is 21.3 Å². The lowest BCUT2D eigenvalue weighted by molar-refractivity contribution is -0.126. The third-order valence-corrected chi connectivity index (χ3v) is 7.63. The van der Waals surface area contributed by atoms with Crippen LogP contribution in [0.4, 0.5) is 0 Å². The molecule has 4 atom stereocenters. The molecule has 34 heavy (non-hydrogen) atoms. The van der Waals surface area contributed by atoms with Gasteiger partial charge >= 0.3 is 0 Å². The standard InChI is InChI=1S/C26H52N6O2/c1-26(28,25(34)32-17-7-15-30-13-5-4-12-29-14-6-11-27)10-2-3-16-31-24(33)20-23-19-21-8-9-22(23)18-21/h21-23,29-30H,2-20,27-28H2,1H3,(H,31,33)(H,32,34)/t21?,22?,23?,26-/m0/s1. The normalized spacial score (nSPS) is 23.1. The summed E-state index contributed by atoms with van der Waals surface area (Å²) in [7, 11) is 0. The van der Waals surface area contributed by atoms with E-state index in [1.54, 1.807) is 6.92 Å². The van der Waals surface area contributed by atoms with Gasteiger partial charge in [0.1, 0.15) is 0 Å². The van der Waals surface area contributed by atoms with Crippen LogP contribution in [0.25, 0.3) is 0 Å². The van der Waals surface area contributed by atoms with E-state index in [9.17, 15) is 9.59 Å². The SMILES string of the molecule is C[C@](N)(CCCCNC(=O)CC1CC2CCC1C2)C(=O)NCCCNCCCCNCCCN. The van der Waals surface area contributed by atoms with Gasteiger partial charge in [-0.15, -0.1) is 0 Å². The zero-order chi connectivity index (χ0) is 24.7. The van der Waals surface area contributed by atoms with Crippen LogP contribution in [0.15, 0.2) is 0 Å². The zero-order valence-electron chi connectivity index (χ0n) is 21.6. The minimum atomic E-state index is -0.864. The molecule has 2 rings (SSSR count). The van der Waals surface area contributed by atoms with Crippen molar-refractivity contribution in [3.8, 4) is 0 Å². The number of carbonyl (C=O) groups excluding carboxylic acids is 2. The van der Waals surface area contributed by atoms with Crippen LogP contribution in [0.5, 0.6) is 0 Å². The van der Waals surface area contributed by atoms with Crippen LogP contribution in [0.2, 0.25) is 0 Å². The Bertz CT molecular complexity index is 586. The molecule has 8 heteroatoms. The van der Waals surface area contributed by atoms with Gasteiger partial charge in [-0.25, -0.2) is 0 Å². The van der Waals surface area contributed by atoms with Crippen molar-refractivity contribution in [1.29, 1.82) is 0 Å². The highest BCUT2D eigenvalue weighted by Crippen LogP contribution is 2.49. The maximum Gasteiger partial charge on any atom is 0.239 e. The van der Waals surface area contributed by atoms with Crippen LogP contribution >= 0.6 is 0 Å². The van der Waals surface area contributed by atoms with Crippen LogP contribution in [-0.4, -0.2) is 63.2 Å². The number of amides is 2. The molecule has 8 N–H and O–H groups in total. The van der Waals surface area contributed by atoms with Gasteiger partial charge in [0.25, 0.3) is 0 Å². The van der Waals surface area contributed by atoms with E-state index in [1.165, 1.54) is 25.7 Å². The summed E-state index contributed by atoms with van der Waals surface area (Å²) in [4.78, 5) is 24.7. The lowest BCUT2D eigenvalue weighted by Crippen LogP contribution is -2.52. The summed E-state index contributed by atoms with van der Waals surface area (Å²) in [5.41, 5.74) is 10.9. The average molecular weight is 481 g/mol. The molecule has 2 fully saturated rings. The minimum Gasteiger partial charge on any atom is -0.356 e. The van der Waals surface area contributed by atoms with Gasteiger partial charge in [0, 0.05) is 19.5 Å². The largest absolute Gasteiger partial charge is 0.356 e. The Hall–Kier alpha value is -1.22. The molecule has 2 bridgehead atoms. The third-order valence-electron chi connectivity index (χ3n) is 7.63. The van der Waals surface area contributed by atoms with Crippen molar-refractivity contribution in [2.24, 2.45) is 29.2 Å². The van der Waals surface area contributed by atoms with Gasteiger partial charge in [0.05, 0.1) is 5.54 Å². The first-order chi connectivity index (χ1) is 16.4. The average Bonchev–Trinajstić information content (AvgIpc) is 3.42. The van der Waals surface area contributed by atoms with Crippen LogP contribution in [0.1, 0.15) is 84.0 Å². The highest BCUT2D eigenvalue weighted by atomic mass is 16.2. The molecule has 198 valence electrons. The highest BCUT2D eigenvalue weighted by Gasteiger charge is 2.40. The fraction of sp³-hybridized carbons (Fsp3) is 0.923. The summed E-state index contributed by atoms with van der Waals surface area (Å²) < 4.78 is 0. The maximum absolute atomic E-state index is 12.4. The molecule has 0 aromatic rings. The van der Waals surface area contributed by atoms with Crippen molar-refractivity contribution >= 4 is 11.8 Å². The van der Waals surface area contributed by atoms with Crippen LogP contribution < -0.4 is 32.7 Å². The molecule has 8 nitrogen and oxygen atoms in total. The number of carbonyl (C=O) groups is 2. The lowest BCUT2D eigenvalue weighted by atomic mass is 9.86. The van der Waals surface area contributed by atoms with Gasteiger partial charge in [-0.2, -0.15) is 0 Å². The number of hydrogen-bond donors (Lipinski definition) is 6. The summed E-state index contributed by atoms with van der Waals surface area (Å²) in [6, 6.07) is 0. The fourth-order valence-corrected chi connectivity index (χ4v) is 5.49. The topological polar surface area (TPSA) is 134 Å². The van der Waals surface area contributed by atoms with Crippen molar-refractivity contribution in [1.82, 2.24) is 21.3 Å². The van der Waals surface area contributed by atoms with Gasteiger partial charge in [-0.1, -0.05) is 6.42 Å². The second kappa shape index (κ2) is 16.5. The van der Waals surface area contributed by atoms with Gasteiger partial charge in [0.2, 0.25) is 11.8 Å². The van der Waals surface area contributed by atoms with Crippen molar-refractivity contribution in [2.45, 2.75) is 89.5 Å². The Morgan fingerprint density at radius 3 is 2.12 bits per heavy atom. The third kappa shape index (κ3) is 11.5. The fourth-order valence-electron chi connectivity index (χ4n) is 5.49. The van der Waals surface area contributed by atoms with Crippen molar-refractivity contribution in [3.63, 3.8) is 0 Å². The molecule has 0 aliphatic heterocycles. The van der Waals surface area contributed by atoms with Crippen LogP contribution in [0.3, 0.4) is 0 Å². The van der Waals surface area contributed by atoms with Gasteiger partial charge in [-0.05, 0) is 122 Å². The number of rotatable bonds is 20. The van der Waals surface area contributed by atoms with Crippen LogP contribution in [-0.2, 0) is 9.59 Å². The summed E-state index contributed by atoms with van der Waals surface area (Å²) in [5, 5.41) is 12.8. The second-order valence-electron chi connectivity index (χ2n) is 10.8. The Labute approximate surface area is 207 Å². The first kappa shape index (κ1) is 29.0. The second-order valence-corrected chi connectivity index (χ2v) is 10.8. The van der Waals surface area contributed by atoms with E-state index in [0.717, 1.165) is 83.1 Å². The number of nitrogens with two attached hydrogens (primary N) is 2. The Morgan fingerprint density at radius 1 is 0.824 bits per heavy atom. The summed E-state index contributed by atoms with van der Waals surface area (Å²) in [6.45, 7) is 7.79. The van der Waals surface area contributed by atoms with E-state index in [4.69, 9.17) is 11.5 Å². The van der Waals surface area contributed by atoms with Gasteiger partial charge in [0.15, 0.2) is 0 Å². The lowest BCUT2D eigenvalue weighted by Gasteiger charge is -2.24. The zero-order valence-corrected chi connectivity index (χ0v) is 21.6. The molecule has 0 spiro atoms. The van der Waals surface area contributed by atoms with Crippen molar-refractivity contribution in [3.05, 3.63) is 0 Å². The molecule has 3 unspecified atom stereocenters. The van der Waals surface area contributed by atoms with E-state index >= 15 is 0 Å². The predicted octanol–water partition coefficient (Wildman–Crippen LogP) is 1.63. The van der Waals surface area contributed by atoms with E-state index in [1.807, 2.05) is 0 Å².